The maximum atomic E-state index is 8.68. The second kappa shape index (κ2) is 6.26. The van der Waals surface area contributed by atoms with Crippen molar-refractivity contribution in [2.24, 2.45) is 16.1 Å². The van der Waals surface area contributed by atoms with Crippen LogP contribution >= 0.6 is 0 Å². The van der Waals surface area contributed by atoms with E-state index in [1.165, 1.54) is 10.8 Å². The minimum atomic E-state index is -1.02. The lowest BCUT2D eigenvalue weighted by atomic mass is 9.81. The Morgan fingerprint density at radius 3 is 3.00 bits per heavy atom. The van der Waals surface area contributed by atoms with E-state index in [-0.39, 0.29) is 18.1 Å². The first-order valence-corrected chi connectivity index (χ1v) is 8.02. The number of ether oxygens (including phenoxy) is 2. The van der Waals surface area contributed by atoms with Crippen molar-refractivity contribution in [2.45, 2.75) is 44.6 Å². The van der Waals surface area contributed by atoms with Gasteiger partial charge in [-0.25, -0.2) is 5.53 Å². The van der Waals surface area contributed by atoms with E-state index in [9.17, 15) is 0 Å². The molecule has 0 aromatic heterocycles. The summed E-state index contributed by atoms with van der Waals surface area (Å²) in [5.74, 6) is 0.679. The van der Waals surface area contributed by atoms with Crippen molar-refractivity contribution in [3.63, 3.8) is 0 Å². The third-order valence-electron chi connectivity index (χ3n) is 4.75. The van der Waals surface area contributed by atoms with Gasteiger partial charge < -0.3 is 9.47 Å². The molecular formula is C17H21N5O2. The van der Waals surface area contributed by atoms with Crippen molar-refractivity contribution in [3.8, 4) is 5.75 Å². The summed E-state index contributed by atoms with van der Waals surface area (Å²) < 4.78 is 11.4. The molecular weight excluding hydrogens is 306 g/mol. The van der Waals surface area contributed by atoms with Gasteiger partial charge >= 0.3 is 0 Å². The largest absolute Gasteiger partial charge is 0.497 e. The van der Waals surface area contributed by atoms with Gasteiger partial charge in [-0.15, -0.1) is 0 Å². The fourth-order valence-corrected chi connectivity index (χ4v) is 3.83. The minimum absolute atomic E-state index is 0.0509. The summed E-state index contributed by atoms with van der Waals surface area (Å²) in [5.41, 5.74) is 16.7. The van der Waals surface area contributed by atoms with Crippen molar-refractivity contribution in [3.05, 3.63) is 39.1 Å². The maximum absolute atomic E-state index is 8.68. The summed E-state index contributed by atoms with van der Waals surface area (Å²) >= 11 is 0. The lowest BCUT2D eigenvalue weighted by Crippen LogP contribution is -2.47. The van der Waals surface area contributed by atoms with Crippen LogP contribution in [0.3, 0.4) is 0 Å². The lowest BCUT2D eigenvalue weighted by molar-refractivity contribution is -0.119. The third-order valence-corrected chi connectivity index (χ3v) is 4.75. The van der Waals surface area contributed by atoms with Crippen LogP contribution in [-0.2, 0) is 4.74 Å². The molecule has 1 heterocycles. The molecule has 1 aliphatic carbocycles. The van der Waals surface area contributed by atoms with Crippen LogP contribution in [-0.4, -0.2) is 25.0 Å². The summed E-state index contributed by atoms with van der Waals surface area (Å²) in [4.78, 5) is 2.87. The second-order valence-electron chi connectivity index (χ2n) is 6.47. The number of benzene rings is 1. The van der Waals surface area contributed by atoms with Crippen LogP contribution in [0.1, 0.15) is 26.7 Å². The normalized spacial score (nSPS) is 28.9. The highest BCUT2D eigenvalue weighted by Gasteiger charge is 2.48. The molecule has 0 bridgehead atoms. The fourth-order valence-electron chi connectivity index (χ4n) is 3.83. The van der Waals surface area contributed by atoms with E-state index < -0.39 is 5.72 Å². The van der Waals surface area contributed by atoms with Crippen molar-refractivity contribution in [2.75, 3.05) is 7.11 Å². The minimum Gasteiger partial charge on any atom is -0.497 e. The molecule has 7 nitrogen and oxygen atoms in total. The average molecular weight is 327 g/mol. The average Bonchev–Trinajstić information content (AvgIpc) is 2.93. The Balaban J connectivity index is 2.11. The van der Waals surface area contributed by atoms with Gasteiger partial charge in [0.2, 0.25) is 0 Å². The molecule has 0 saturated carbocycles. The molecule has 24 heavy (non-hydrogen) atoms. The molecule has 2 aliphatic rings. The van der Waals surface area contributed by atoms with Crippen LogP contribution in [0.25, 0.3) is 22.1 Å². The summed E-state index contributed by atoms with van der Waals surface area (Å²) in [7, 11) is 1.65. The monoisotopic (exact) mass is 327 g/mol. The zero-order chi connectivity index (χ0) is 17.3. The topological polar surface area (TPSA) is 103 Å². The van der Waals surface area contributed by atoms with Gasteiger partial charge in [0, 0.05) is 17.4 Å². The highest BCUT2D eigenvalue weighted by Crippen LogP contribution is 2.44. The van der Waals surface area contributed by atoms with Crippen LogP contribution in [0.4, 0.5) is 0 Å². The van der Waals surface area contributed by atoms with E-state index in [0.29, 0.717) is 6.42 Å². The number of rotatable bonds is 5. The van der Waals surface area contributed by atoms with Crippen LogP contribution < -0.4 is 15.2 Å². The fraction of sp³-hybridized carbons (Fsp3) is 0.529. The Morgan fingerprint density at radius 1 is 1.54 bits per heavy atom. The molecule has 1 aliphatic heterocycles. The van der Waals surface area contributed by atoms with Crippen LogP contribution in [0.2, 0.25) is 0 Å². The molecule has 1 aromatic rings. The first kappa shape index (κ1) is 16.5. The predicted molar refractivity (Wildman–Crippen MR) is 89.9 cm³/mol. The summed E-state index contributed by atoms with van der Waals surface area (Å²) in [5, 5.41) is 9.87. The van der Waals surface area contributed by atoms with E-state index in [0.717, 1.165) is 17.4 Å². The molecule has 3 rings (SSSR count). The molecule has 0 radical (unpaired) electrons. The number of hydrogen-bond donors (Lipinski definition) is 1. The molecule has 1 aromatic carbocycles. The molecule has 126 valence electrons. The number of hydrogen-bond acceptors (Lipinski definition) is 5. The standard InChI is InChI=1S/C17H21N5O2/c1-10(20-22-19)9-17(21-18)16-8-12-7-13(23-3)4-5-14(12)15(16)6-11(2)24-17/h4-5,7-8,10-11,16,18H,6,9H2,1-3H3. The van der Waals surface area contributed by atoms with Gasteiger partial charge in [0.25, 0.3) is 0 Å². The van der Waals surface area contributed by atoms with Crippen LogP contribution in [0.15, 0.2) is 28.4 Å². The molecule has 4 unspecified atom stereocenters. The van der Waals surface area contributed by atoms with E-state index in [2.05, 4.69) is 27.3 Å². The number of nitrogens with zero attached hydrogens (tertiary/aromatic N) is 4. The number of fused-ring (bicyclic) bond motifs is 2. The van der Waals surface area contributed by atoms with Gasteiger partial charge in [0.15, 0.2) is 5.72 Å². The van der Waals surface area contributed by atoms with Crippen molar-refractivity contribution in [1.82, 2.24) is 0 Å². The molecule has 4 atom stereocenters. The molecule has 7 heteroatoms. The predicted octanol–water partition coefficient (Wildman–Crippen LogP) is 2.88. The van der Waals surface area contributed by atoms with Crippen LogP contribution in [0.5, 0.6) is 5.75 Å². The van der Waals surface area contributed by atoms with Gasteiger partial charge in [0.05, 0.1) is 19.1 Å². The number of methoxy groups -OCH3 is 1. The van der Waals surface area contributed by atoms with Gasteiger partial charge in [0.1, 0.15) is 5.75 Å². The number of nitrogens with one attached hydrogen (secondary N) is 1. The first-order valence-electron chi connectivity index (χ1n) is 8.02. The van der Waals surface area contributed by atoms with Gasteiger partial charge in [-0.1, -0.05) is 24.2 Å². The number of azide groups is 1. The zero-order valence-electron chi connectivity index (χ0n) is 14.1. The van der Waals surface area contributed by atoms with Gasteiger partial charge in [-0.2, -0.15) is 5.11 Å². The zero-order valence-corrected chi connectivity index (χ0v) is 14.1. The molecule has 0 spiro atoms. The smallest absolute Gasteiger partial charge is 0.189 e. The Hall–Kier alpha value is -2.37. The molecule has 1 saturated heterocycles. The Morgan fingerprint density at radius 2 is 2.33 bits per heavy atom. The molecule has 1 fully saturated rings. The quantitative estimate of drug-likeness (QED) is 0.510. The van der Waals surface area contributed by atoms with E-state index in [4.69, 9.17) is 20.5 Å². The first-order chi connectivity index (χ1) is 11.5. The van der Waals surface area contributed by atoms with Gasteiger partial charge in [-0.3, -0.25) is 0 Å². The second-order valence-corrected chi connectivity index (χ2v) is 6.47. The summed E-state index contributed by atoms with van der Waals surface area (Å²) in [6, 6.07) is 5.70. The van der Waals surface area contributed by atoms with E-state index in [1.807, 2.05) is 26.0 Å². The lowest BCUT2D eigenvalue weighted by Gasteiger charge is -2.42. The summed E-state index contributed by atoms with van der Waals surface area (Å²) in [6.45, 7) is 3.81. The molecule has 1 N–H and O–H groups in total. The highest BCUT2D eigenvalue weighted by atomic mass is 16.5. The van der Waals surface area contributed by atoms with Crippen molar-refractivity contribution in [1.29, 1.82) is 5.53 Å². The SMILES string of the molecule is COc1ccc2c(c1)=CC1C=2CC(C)OC1(CC(C)N=[N+]=[N-])N=N. The van der Waals surface area contributed by atoms with E-state index in [1.54, 1.807) is 7.11 Å². The van der Waals surface area contributed by atoms with Crippen LogP contribution in [0, 0.1) is 11.4 Å². The van der Waals surface area contributed by atoms with E-state index >= 15 is 0 Å². The molecule has 0 amide bonds. The summed E-state index contributed by atoms with van der Waals surface area (Å²) in [6.07, 6.45) is 3.22. The third kappa shape index (κ3) is 2.66. The van der Waals surface area contributed by atoms with Crippen molar-refractivity contribution < 1.29 is 9.47 Å². The van der Waals surface area contributed by atoms with Gasteiger partial charge in [-0.05, 0) is 47.0 Å². The Kier molecular flexibility index (Phi) is 4.30. The maximum Gasteiger partial charge on any atom is 0.189 e. The Labute approximate surface area is 140 Å². The van der Waals surface area contributed by atoms with Crippen molar-refractivity contribution >= 4 is 11.6 Å². The Bertz CT molecular complexity index is 830. The highest BCUT2D eigenvalue weighted by molar-refractivity contribution is 5.66.